The molecule has 4 nitrogen and oxygen atoms in total. The van der Waals surface area contributed by atoms with E-state index in [9.17, 15) is 4.79 Å². The Hall–Kier alpha value is -0.780. The number of benzene rings is 1. The quantitative estimate of drug-likeness (QED) is 0.864. The summed E-state index contributed by atoms with van der Waals surface area (Å²) in [6.07, 6.45) is 1.93. The minimum atomic E-state index is -0.00372. The maximum atomic E-state index is 12.3. The van der Waals surface area contributed by atoms with E-state index in [1.165, 1.54) is 0 Å². The van der Waals surface area contributed by atoms with Crippen molar-refractivity contribution in [3.05, 3.63) is 21.6 Å². The second kappa shape index (κ2) is 7.29. The van der Waals surface area contributed by atoms with E-state index in [-0.39, 0.29) is 11.8 Å². The maximum Gasteiger partial charge on any atom is 0.228 e. The number of ether oxygens (including phenoxy) is 1. The van der Waals surface area contributed by atoms with Crippen molar-refractivity contribution in [3.8, 4) is 5.75 Å². The Bertz CT molecular complexity index is 490. The number of piperidine rings is 1. The molecule has 1 aromatic rings. The van der Waals surface area contributed by atoms with Crippen molar-refractivity contribution >= 4 is 39.1 Å². The van der Waals surface area contributed by atoms with Gasteiger partial charge in [-0.1, -0.05) is 11.6 Å². The summed E-state index contributed by atoms with van der Waals surface area (Å²) in [4.78, 5) is 12.3. The lowest BCUT2D eigenvalue weighted by Gasteiger charge is -2.22. The number of amides is 1. The van der Waals surface area contributed by atoms with Gasteiger partial charge >= 0.3 is 0 Å². The summed E-state index contributed by atoms with van der Waals surface area (Å²) in [6.45, 7) is 4.13. The molecule has 0 radical (unpaired) electrons. The van der Waals surface area contributed by atoms with Crippen LogP contribution in [0.1, 0.15) is 19.8 Å². The molecule has 6 heteroatoms. The van der Waals surface area contributed by atoms with Crippen molar-refractivity contribution < 1.29 is 9.53 Å². The molecule has 20 heavy (non-hydrogen) atoms. The number of hydrogen-bond donors (Lipinski definition) is 2. The van der Waals surface area contributed by atoms with Crippen LogP contribution in [0.2, 0.25) is 5.02 Å². The molecule has 0 aliphatic carbocycles. The number of hydrogen-bond acceptors (Lipinski definition) is 3. The van der Waals surface area contributed by atoms with E-state index in [0.29, 0.717) is 23.1 Å². The first-order valence-electron chi connectivity index (χ1n) is 6.75. The van der Waals surface area contributed by atoms with Crippen LogP contribution in [0.5, 0.6) is 5.75 Å². The van der Waals surface area contributed by atoms with E-state index >= 15 is 0 Å². The molecule has 1 aliphatic rings. The highest BCUT2D eigenvalue weighted by Crippen LogP contribution is 2.37. The number of rotatable bonds is 4. The van der Waals surface area contributed by atoms with Crippen molar-refractivity contribution in [3.63, 3.8) is 0 Å². The Balaban J connectivity index is 2.16. The first-order valence-corrected chi connectivity index (χ1v) is 7.92. The molecular weight excluding hydrogens is 344 g/mol. The molecule has 1 fully saturated rings. The second-order valence-corrected chi connectivity index (χ2v) is 6.02. The Kier molecular flexibility index (Phi) is 5.69. The van der Waals surface area contributed by atoms with Crippen LogP contribution >= 0.6 is 27.5 Å². The number of carbonyl (C=O) groups excluding carboxylic acids is 1. The van der Waals surface area contributed by atoms with Gasteiger partial charge in [0.2, 0.25) is 5.91 Å². The van der Waals surface area contributed by atoms with Crippen molar-refractivity contribution in [2.45, 2.75) is 19.8 Å². The van der Waals surface area contributed by atoms with E-state index in [0.717, 1.165) is 30.4 Å². The molecular formula is C14H18BrClN2O2. The zero-order chi connectivity index (χ0) is 14.5. The normalized spacial score (nSPS) is 18.6. The molecule has 1 amide bonds. The molecule has 0 aromatic heterocycles. The molecule has 0 bridgehead atoms. The van der Waals surface area contributed by atoms with Crippen LogP contribution in [0.15, 0.2) is 16.6 Å². The highest BCUT2D eigenvalue weighted by molar-refractivity contribution is 9.10. The topological polar surface area (TPSA) is 50.4 Å². The summed E-state index contributed by atoms with van der Waals surface area (Å²) in [6, 6.07) is 3.47. The summed E-state index contributed by atoms with van der Waals surface area (Å²) in [5.41, 5.74) is 0.613. The molecule has 1 atom stereocenters. The largest absolute Gasteiger partial charge is 0.491 e. The highest BCUT2D eigenvalue weighted by atomic mass is 79.9. The van der Waals surface area contributed by atoms with Crippen molar-refractivity contribution in [1.82, 2.24) is 5.32 Å². The molecule has 1 aromatic carbocycles. The molecule has 1 heterocycles. The van der Waals surface area contributed by atoms with Gasteiger partial charge in [-0.15, -0.1) is 0 Å². The summed E-state index contributed by atoms with van der Waals surface area (Å²) in [7, 11) is 0. The van der Waals surface area contributed by atoms with Crippen LogP contribution < -0.4 is 15.4 Å². The zero-order valence-electron chi connectivity index (χ0n) is 11.3. The minimum absolute atomic E-state index is 0.00372. The fourth-order valence-corrected chi connectivity index (χ4v) is 3.18. The highest BCUT2D eigenvalue weighted by Gasteiger charge is 2.22. The third kappa shape index (κ3) is 3.87. The van der Waals surface area contributed by atoms with Gasteiger partial charge in [0.15, 0.2) is 5.75 Å². The van der Waals surface area contributed by atoms with Gasteiger partial charge in [-0.25, -0.2) is 0 Å². The summed E-state index contributed by atoms with van der Waals surface area (Å²) in [5, 5.41) is 6.72. The molecule has 1 aliphatic heterocycles. The fraction of sp³-hybridized carbons (Fsp3) is 0.500. The molecule has 0 spiro atoms. The van der Waals surface area contributed by atoms with Crippen LogP contribution in [-0.4, -0.2) is 25.6 Å². The number of anilines is 1. The van der Waals surface area contributed by atoms with Crippen LogP contribution in [-0.2, 0) is 4.79 Å². The van der Waals surface area contributed by atoms with Gasteiger partial charge < -0.3 is 15.4 Å². The smallest absolute Gasteiger partial charge is 0.228 e. The Labute approximate surface area is 132 Å². The van der Waals surface area contributed by atoms with Crippen LogP contribution in [0.25, 0.3) is 0 Å². The molecule has 1 saturated heterocycles. The average molecular weight is 362 g/mol. The molecule has 110 valence electrons. The Morgan fingerprint density at radius 2 is 2.40 bits per heavy atom. The SMILES string of the molecule is CCOc1c(Br)cc(Cl)cc1NC(=O)C1CCCNC1. The van der Waals surface area contributed by atoms with Crippen LogP contribution in [0.4, 0.5) is 5.69 Å². The third-order valence-corrected chi connectivity index (χ3v) is 4.03. The second-order valence-electron chi connectivity index (χ2n) is 4.73. The van der Waals surface area contributed by atoms with E-state index in [1.54, 1.807) is 12.1 Å². The predicted molar refractivity (Wildman–Crippen MR) is 84.5 cm³/mol. The van der Waals surface area contributed by atoms with Gasteiger partial charge in [0.25, 0.3) is 0 Å². The third-order valence-electron chi connectivity index (χ3n) is 3.22. The standard InChI is InChI=1S/C14H18BrClN2O2/c1-2-20-13-11(15)6-10(16)7-12(13)18-14(19)9-4-3-5-17-8-9/h6-7,9,17H,2-5,8H2,1H3,(H,18,19). The Morgan fingerprint density at radius 1 is 1.60 bits per heavy atom. The van der Waals surface area contributed by atoms with Gasteiger partial charge in [-0.2, -0.15) is 0 Å². The molecule has 0 saturated carbocycles. The first kappa shape index (κ1) is 15.6. The lowest BCUT2D eigenvalue weighted by Crippen LogP contribution is -2.37. The van der Waals surface area contributed by atoms with Gasteiger partial charge in [0, 0.05) is 11.6 Å². The van der Waals surface area contributed by atoms with Crippen molar-refractivity contribution in [2.24, 2.45) is 5.92 Å². The summed E-state index contributed by atoms with van der Waals surface area (Å²) >= 11 is 9.45. The van der Waals surface area contributed by atoms with Crippen molar-refractivity contribution in [1.29, 1.82) is 0 Å². The predicted octanol–water partition coefficient (Wildman–Crippen LogP) is 3.44. The minimum Gasteiger partial charge on any atom is -0.491 e. The van der Waals surface area contributed by atoms with Gasteiger partial charge in [0.1, 0.15) is 0 Å². The Morgan fingerprint density at radius 3 is 3.05 bits per heavy atom. The lowest BCUT2D eigenvalue weighted by atomic mass is 9.99. The lowest BCUT2D eigenvalue weighted by molar-refractivity contribution is -0.120. The molecule has 2 N–H and O–H groups in total. The summed E-state index contributed by atoms with van der Waals surface area (Å²) in [5.74, 6) is 0.623. The van der Waals surface area contributed by atoms with E-state index in [1.807, 2.05) is 6.92 Å². The van der Waals surface area contributed by atoms with Gasteiger partial charge in [0.05, 0.1) is 22.7 Å². The zero-order valence-corrected chi connectivity index (χ0v) is 13.7. The van der Waals surface area contributed by atoms with Gasteiger partial charge in [-0.3, -0.25) is 4.79 Å². The van der Waals surface area contributed by atoms with Gasteiger partial charge in [-0.05, 0) is 54.4 Å². The van der Waals surface area contributed by atoms with E-state index in [4.69, 9.17) is 16.3 Å². The van der Waals surface area contributed by atoms with E-state index < -0.39 is 0 Å². The van der Waals surface area contributed by atoms with Crippen LogP contribution in [0, 0.1) is 5.92 Å². The number of nitrogens with one attached hydrogen (secondary N) is 2. The molecule has 2 rings (SSSR count). The fourth-order valence-electron chi connectivity index (χ4n) is 2.25. The maximum absolute atomic E-state index is 12.3. The number of halogens is 2. The van der Waals surface area contributed by atoms with E-state index in [2.05, 4.69) is 26.6 Å². The van der Waals surface area contributed by atoms with Crippen LogP contribution in [0.3, 0.4) is 0 Å². The number of carbonyl (C=O) groups is 1. The average Bonchev–Trinajstić information content (AvgIpc) is 2.43. The summed E-state index contributed by atoms with van der Waals surface area (Å²) < 4.78 is 6.31. The molecule has 1 unspecified atom stereocenters. The first-order chi connectivity index (χ1) is 9.61. The van der Waals surface area contributed by atoms with Crippen molar-refractivity contribution in [2.75, 3.05) is 25.0 Å². The monoisotopic (exact) mass is 360 g/mol.